The van der Waals surface area contributed by atoms with Crippen molar-refractivity contribution in [3.63, 3.8) is 0 Å². The number of amides is 2. The fraction of sp³-hybridized carbons (Fsp3) is 0.867. The highest BCUT2D eigenvalue weighted by Crippen LogP contribution is 2.48. The van der Waals surface area contributed by atoms with Gasteiger partial charge in [0.05, 0.1) is 19.2 Å². The maximum absolute atomic E-state index is 12.2. The summed E-state index contributed by atoms with van der Waals surface area (Å²) < 4.78 is 5.54. The Morgan fingerprint density at radius 2 is 2.19 bits per heavy atom. The summed E-state index contributed by atoms with van der Waals surface area (Å²) in [5, 5.41) is 6.11. The Labute approximate surface area is 126 Å². The Morgan fingerprint density at radius 1 is 1.48 bits per heavy atom. The summed E-state index contributed by atoms with van der Waals surface area (Å²) in [6, 6.07) is 0.156. The number of carbonyl (C=O) groups excluding carboxylic acids is 2. The molecule has 0 bridgehead atoms. The summed E-state index contributed by atoms with van der Waals surface area (Å²) in [6.45, 7) is 6.14. The summed E-state index contributed by atoms with van der Waals surface area (Å²) in [7, 11) is 1.74. The van der Waals surface area contributed by atoms with Gasteiger partial charge in [0, 0.05) is 31.7 Å². The smallest absolute Gasteiger partial charge is 0.239 e. The van der Waals surface area contributed by atoms with Gasteiger partial charge in [0.1, 0.15) is 0 Å². The van der Waals surface area contributed by atoms with E-state index in [1.165, 1.54) is 0 Å². The number of piperazine rings is 1. The number of rotatable bonds is 6. The van der Waals surface area contributed by atoms with Crippen LogP contribution in [0.25, 0.3) is 0 Å². The molecule has 1 aliphatic carbocycles. The molecule has 120 valence electrons. The van der Waals surface area contributed by atoms with Crippen molar-refractivity contribution in [1.82, 2.24) is 15.5 Å². The van der Waals surface area contributed by atoms with E-state index in [1.54, 1.807) is 12.0 Å². The van der Waals surface area contributed by atoms with E-state index in [4.69, 9.17) is 4.74 Å². The van der Waals surface area contributed by atoms with Gasteiger partial charge < -0.3 is 20.3 Å². The molecule has 2 N–H and O–H groups in total. The highest BCUT2D eigenvalue weighted by molar-refractivity contribution is 5.86. The van der Waals surface area contributed by atoms with Crippen LogP contribution in [0.5, 0.6) is 0 Å². The summed E-state index contributed by atoms with van der Waals surface area (Å²) in [6.07, 6.45) is 3.05. The quantitative estimate of drug-likeness (QED) is 0.731. The summed E-state index contributed by atoms with van der Waals surface area (Å²) >= 11 is 0. The lowest BCUT2D eigenvalue weighted by Gasteiger charge is -2.55. The second-order valence-corrected chi connectivity index (χ2v) is 6.01. The van der Waals surface area contributed by atoms with Crippen LogP contribution in [0.15, 0.2) is 0 Å². The zero-order valence-electron chi connectivity index (χ0n) is 13.3. The first-order valence-corrected chi connectivity index (χ1v) is 7.88. The van der Waals surface area contributed by atoms with Crippen LogP contribution in [0.1, 0.15) is 33.1 Å². The standard InChI is InChI=1S/C15H27N3O3/c1-4-15(5-2)11(8-12(15)21-3)17-13(19)10-18-7-6-16-9-14(18)20/h11-12,16H,4-10H2,1-3H3,(H,17,19). The highest BCUT2D eigenvalue weighted by atomic mass is 16.5. The third-order valence-electron chi connectivity index (χ3n) is 5.24. The van der Waals surface area contributed by atoms with Crippen LogP contribution < -0.4 is 10.6 Å². The topological polar surface area (TPSA) is 70.7 Å². The molecule has 0 aromatic carbocycles. The van der Waals surface area contributed by atoms with E-state index in [0.29, 0.717) is 13.1 Å². The number of ether oxygens (including phenoxy) is 1. The molecule has 0 radical (unpaired) electrons. The van der Waals surface area contributed by atoms with E-state index in [1.807, 2.05) is 0 Å². The molecular formula is C15H27N3O3. The van der Waals surface area contributed by atoms with Gasteiger partial charge >= 0.3 is 0 Å². The number of carbonyl (C=O) groups is 2. The monoisotopic (exact) mass is 297 g/mol. The lowest BCUT2D eigenvalue weighted by molar-refractivity contribution is -0.145. The van der Waals surface area contributed by atoms with Gasteiger partial charge in [-0.05, 0) is 19.3 Å². The molecule has 2 amide bonds. The molecule has 2 unspecified atom stereocenters. The van der Waals surface area contributed by atoms with Crippen LogP contribution >= 0.6 is 0 Å². The second kappa shape index (κ2) is 6.75. The number of hydrogen-bond donors (Lipinski definition) is 2. The van der Waals surface area contributed by atoms with Crippen molar-refractivity contribution < 1.29 is 14.3 Å². The Hall–Kier alpha value is -1.14. The van der Waals surface area contributed by atoms with Gasteiger partial charge in [-0.2, -0.15) is 0 Å². The van der Waals surface area contributed by atoms with Crippen molar-refractivity contribution in [2.75, 3.05) is 33.3 Å². The minimum absolute atomic E-state index is 0.00276. The first-order chi connectivity index (χ1) is 10.1. The van der Waals surface area contributed by atoms with Gasteiger partial charge in [-0.1, -0.05) is 13.8 Å². The molecule has 1 saturated carbocycles. The first kappa shape index (κ1) is 16.2. The molecule has 2 atom stereocenters. The molecular weight excluding hydrogens is 270 g/mol. The molecule has 0 spiro atoms. The average molecular weight is 297 g/mol. The van der Waals surface area contributed by atoms with Crippen molar-refractivity contribution >= 4 is 11.8 Å². The van der Waals surface area contributed by atoms with Gasteiger partial charge in [0.2, 0.25) is 11.8 Å². The Morgan fingerprint density at radius 3 is 2.76 bits per heavy atom. The molecule has 1 saturated heterocycles. The van der Waals surface area contributed by atoms with E-state index >= 15 is 0 Å². The number of nitrogens with zero attached hydrogens (tertiary/aromatic N) is 1. The van der Waals surface area contributed by atoms with Crippen molar-refractivity contribution in [3.05, 3.63) is 0 Å². The summed E-state index contributed by atoms with van der Waals surface area (Å²) in [5.74, 6) is -0.0619. The van der Waals surface area contributed by atoms with Gasteiger partial charge in [-0.25, -0.2) is 0 Å². The van der Waals surface area contributed by atoms with E-state index in [0.717, 1.165) is 25.8 Å². The lowest BCUT2D eigenvalue weighted by atomic mass is 9.58. The second-order valence-electron chi connectivity index (χ2n) is 6.01. The molecule has 0 aromatic heterocycles. The van der Waals surface area contributed by atoms with Gasteiger partial charge in [0.15, 0.2) is 0 Å². The van der Waals surface area contributed by atoms with E-state index in [-0.39, 0.29) is 35.9 Å². The van der Waals surface area contributed by atoms with Crippen molar-refractivity contribution in [2.45, 2.75) is 45.3 Å². The van der Waals surface area contributed by atoms with Crippen LogP contribution in [0, 0.1) is 5.41 Å². The van der Waals surface area contributed by atoms with E-state index in [9.17, 15) is 9.59 Å². The predicted molar refractivity (Wildman–Crippen MR) is 79.8 cm³/mol. The van der Waals surface area contributed by atoms with Crippen LogP contribution in [0.3, 0.4) is 0 Å². The van der Waals surface area contributed by atoms with Gasteiger partial charge in [-0.3, -0.25) is 9.59 Å². The lowest BCUT2D eigenvalue weighted by Crippen LogP contribution is -2.65. The summed E-state index contributed by atoms with van der Waals surface area (Å²) in [4.78, 5) is 25.5. The maximum atomic E-state index is 12.2. The fourth-order valence-corrected chi connectivity index (χ4v) is 3.71. The van der Waals surface area contributed by atoms with Crippen molar-refractivity contribution in [3.8, 4) is 0 Å². The van der Waals surface area contributed by atoms with Crippen LogP contribution in [0.4, 0.5) is 0 Å². The Kier molecular flexibility index (Phi) is 5.22. The SMILES string of the molecule is CCC1(CC)C(NC(=O)CN2CCNCC2=O)CC1OC. The number of hydrogen-bond acceptors (Lipinski definition) is 4. The Balaban J connectivity index is 1.89. The van der Waals surface area contributed by atoms with Crippen LogP contribution in [0.2, 0.25) is 0 Å². The molecule has 2 rings (SSSR count). The molecule has 6 heteroatoms. The maximum Gasteiger partial charge on any atom is 0.239 e. The molecule has 1 heterocycles. The number of nitrogens with one attached hydrogen (secondary N) is 2. The highest BCUT2D eigenvalue weighted by Gasteiger charge is 2.53. The first-order valence-electron chi connectivity index (χ1n) is 7.88. The largest absolute Gasteiger partial charge is 0.381 e. The minimum Gasteiger partial charge on any atom is -0.381 e. The minimum atomic E-state index is -0.0592. The van der Waals surface area contributed by atoms with E-state index < -0.39 is 0 Å². The molecule has 2 fully saturated rings. The third-order valence-corrected chi connectivity index (χ3v) is 5.24. The summed E-state index contributed by atoms with van der Waals surface area (Å²) in [5.41, 5.74) is 0.0396. The van der Waals surface area contributed by atoms with Crippen LogP contribution in [-0.2, 0) is 14.3 Å². The molecule has 0 aromatic rings. The zero-order chi connectivity index (χ0) is 15.5. The van der Waals surface area contributed by atoms with E-state index in [2.05, 4.69) is 24.5 Å². The fourth-order valence-electron chi connectivity index (χ4n) is 3.71. The Bertz CT molecular complexity index is 396. The third kappa shape index (κ3) is 3.06. The molecule has 6 nitrogen and oxygen atoms in total. The van der Waals surface area contributed by atoms with Crippen LogP contribution in [-0.4, -0.2) is 62.1 Å². The normalized spacial score (nSPS) is 28.1. The molecule has 21 heavy (non-hydrogen) atoms. The van der Waals surface area contributed by atoms with Gasteiger partial charge in [0.25, 0.3) is 0 Å². The molecule has 1 aliphatic heterocycles. The zero-order valence-corrected chi connectivity index (χ0v) is 13.3. The van der Waals surface area contributed by atoms with Crippen molar-refractivity contribution in [1.29, 1.82) is 0 Å². The number of methoxy groups -OCH3 is 1. The predicted octanol–water partition coefficient (Wildman–Crippen LogP) is 0.128. The average Bonchev–Trinajstić information content (AvgIpc) is 2.47. The van der Waals surface area contributed by atoms with Gasteiger partial charge in [-0.15, -0.1) is 0 Å². The van der Waals surface area contributed by atoms with Crippen molar-refractivity contribution in [2.24, 2.45) is 5.41 Å². The molecule has 2 aliphatic rings.